The average Bonchev–Trinajstić information content (AvgIpc) is 3.12. The molecule has 0 aliphatic carbocycles. The number of nitrogens with zero attached hydrogens (tertiary/aromatic N) is 2. The Labute approximate surface area is 199 Å². The van der Waals surface area contributed by atoms with Crippen LogP contribution in [0, 0.1) is 12.7 Å². The van der Waals surface area contributed by atoms with Gasteiger partial charge < -0.3 is 5.32 Å². The summed E-state index contributed by atoms with van der Waals surface area (Å²) in [5.41, 5.74) is 4.77. The average molecular weight is 464 g/mol. The van der Waals surface area contributed by atoms with Crippen LogP contribution >= 0.6 is 11.6 Å². The maximum Gasteiger partial charge on any atom is 0.326 e. The van der Waals surface area contributed by atoms with Crippen LogP contribution < -0.4 is 10.2 Å². The van der Waals surface area contributed by atoms with Gasteiger partial charge in [-0.05, 0) is 86.4 Å². The van der Waals surface area contributed by atoms with Gasteiger partial charge >= 0.3 is 6.03 Å². The van der Waals surface area contributed by atoms with Gasteiger partial charge in [-0.25, -0.2) is 9.18 Å². The molecule has 1 N–H and O–H groups in total. The molecule has 2 aliphatic rings. The minimum Gasteiger partial charge on any atom is -0.308 e. The molecule has 170 valence electrons. The number of rotatable bonds is 3. The van der Waals surface area contributed by atoms with Crippen molar-refractivity contribution in [1.29, 1.82) is 0 Å². The zero-order valence-electron chi connectivity index (χ0n) is 18.7. The number of aryl methyl sites for hydroxylation is 1. The van der Waals surface area contributed by atoms with Crippen molar-refractivity contribution in [1.82, 2.24) is 4.90 Å². The molecule has 1 spiro atoms. The van der Waals surface area contributed by atoms with Crippen LogP contribution in [0.5, 0.6) is 0 Å². The Kier molecular flexibility index (Phi) is 5.85. The van der Waals surface area contributed by atoms with Gasteiger partial charge in [-0.1, -0.05) is 41.4 Å². The molecule has 0 unspecified atom stereocenters. The van der Waals surface area contributed by atoms with Crippen LogP contribution in [0.2, 0.25) is 5.02 Å². The Balaban J connectivity index is 1.33. The number of halogens is 2. The van der Waals surface area contributed by atoms with Crippen molar-refractivity contribution in [3.8, 4) is 0 Å². The Hall–Kier alpha value is -2.89. The summed E-state index contributed by atoms with van der Waals surface area (Å²) < 4.78 is 14.3. The lowest BCUT2D eigenvalue weighted by molar-refractivity contribution is 0.160. The number of nitrogens with one attached hydrogen (secondary N) is 1. The quantitative estimate of drug-likeness (QED) is 0.489. The standard InChI is InChI=1S/C27H27ClFN3O/c1-19-2-4-20(5-3-19)17-31-14-12-27(13-15-31)18-32(25-11-8-22(29)16-24(25)27)26(33)30-23-9-6-21(28)7-10-23/h2-11,16H,12-15,17-18H2,1H3,(H,30,33). The van der Waals surface area contributed by atoms with E-state index in [1.807, 2.05) is 0 Å². The minimum atomic E-state index is -0.254. The molecule has 5 rings (SSSR count). The Morgan fingerprint density at radius 3 is 2.42 bits per heavy atom. The predicted octanol–water partition coefficient (Wildman–Crippen LogP) is 6.37. The number of amides is 2. The SMILES string of the molecule is Cc1ccc(CN2CCC3(CC2)CN(C(=O)Nc2ccc(Cl)cc2)c2ccc(F)cc23)cc1. The number of hydrogen-bond acceptors (Lipinski definition) is 2. The summed E-state index contributed by atoms with van der Waals surface area (Å²) in [6.07, 6.45) is 1.78. The van der Waals surface area contributed by atoms with E-state index in [1.165, 1.54) is 17.2 Å². The van der Waals surface area contributed by atoms with E-state index in [1.54, 1.807) is 41.3 Å². The summed E-state index contributed by atoms with van der Waals surface area (Å²) >= 11 is 5.96. The second-order valence-electron chi connectivity index (χ2n) is 9.23. The lowest BCUT2D eigenvalue weighted by Gasteiger charge is -2.40. The number of hydrogen-bond donors (Lipinski definition) is 1. The molecule has 3 aromatic rings. The largest absolute Gasteiger partial charge is 0.326 e. The van der Waals surface area contributed by atoms with Crippen LogP contribution in [0.3, 0.4) is 0 Å². The zero-order valence-corrected chi connectivity index (χ0v) is 19.4. The van der Waals surface area contributed by atoms with E-state index in [4.69, 9.17) is 11.6 Å². The number of benzene rings is 3. The maximum absolute atomic E-state index is 14.3. The molecule has 4 nitrogen and oxygen atoms in total. The van der Waals surface area contributed by atoms with E-state index in [-0.39, 0.29) is 17.3 Å². The van der Waals surface area contributed by atoms with E-state index in [0.717, 1.165) is 43.7 Å². The van der Waals surface area contributed by atoms with Crippen molar-refractivity contribution >= 4 is 29.0 Å². The normalized spacial score (nSPS) is 17.2. The number of piperidine rings is 1. The highest BCUT2D eigenvalue weighted by Gasteiger charge is 2.46. The summed E-state index contributed by atoms with van der Waals surface area (Å²) in [5, 5.41) is 3.58. The number of carbonyl (C=O) groups is 1. The monoisotopic (exact) mass is 463 g/mol. The highest BCUT2D eigenvalue weighted by molar-refractivity contribution is 6.30. The highest BCUT2D eigenvalue weighted by atomic mass is 35.5. The second kappa shape index (κ2) is 8.81. The van der Waals surface area contributed by atoms with E-state index >= 15 is 0 Å². The summed E-state index contributed by atoms with van der Waals surface area (Å²) in [6.45, 7) is 5.39. The Morgan fingerprint density at radius 2 is 1.73 bits per heavy atom. The molecule has 0 atom stereocenters. The number of fused-ring (bicyclic) bond motifs is 2. The van der Waals surface area contributed by atoms with Crippen LogP contribution in [-0.4, -0.2) is 30.6 Å². The van der Waals surface area contributed by atoms with E-state index in [0.29, 0.717) is 17.3 Å². The molecule has 1 fully saturated rings. The van der Waals surface area contributed by atoms with E-state index < -0.39 is 0 Å². The first-order chi connectivity index (χ1) is 15.9. The van der Waals surface area contributed by atoms with Crippen molar-refractivity contribution in [2.24, 2.45) is 0 Å². The molecule has 6 heteroatoms. The number of urea groups is 1. The van der Waals surface area contributed by atoms with Gasteiger partial charge in [-0.3, -0.25) is 9.80 Å². The molecule has 0 bridgehead atoms. The molecule has 33 heavy (non-hydrogen) atoms. The van der Waals surface area contributed by atoms with Crippen molar-refractivity contribution in [2.75, 3.05) is 29.9 Å². The van der Waals surface area contributed by atoms with Crippen molar-refractivity contribution in [3.05, 3.63) is 94.3 Å². The topological polar surface area (TPSA) is 35.6 Å². The molecule has 2 amide bonds. The molecular weight excluding hydrogens is 437 g/mol. The number of anilines is 2. The van der Waals surface area contributed by atoms with E-state index in [9.17, 15) is 9.18 Å². The van der Waals surface area contributed by atoms with Gasteiger partial charge in [0, 0.05) is 34.9 Å². The third-order valence-corrected chi connectivity index (χ3v) is 7.21. The van der Waals surface area contributed by atoms with Gasteiger partial charge in [0.05, 0.1) is 0 Å². The van der Waals surface area contributed by atoms with Gasteiger partial charge in [0.1, 0.15) is 5.82 Å². The summed E-state index contributed by atoms with van der Waals surface area (Å²) in [6, 6.07) is 20.3. The van der Waals surface area contributed by atoms with Crippen LogP contribution in [0.4, 0.5) is 20.6 Å². The minimum absolute atomic E-state index is 0.204. The molecule has 0 aromatic heterocycles. The van der Waals surface area contributed by atoms with E-state index in [2.05, 4.69) is 41.4 Å². The number of carbonyl (C=O) groups excluding carboxylic acids is 1. The molecule has 3 aromatic carbocycles. The fourth-order valence-electron chi connectivity index (χ4n) is 5.07. The fraction of sp³-hybridized carbons (Fsp3) is 0.296. The summed E-state index contributed by atoms with van der Waals surface area (Å²) in [4.78, 5) is 17.4. The van der Waals surface area contributed by atoms with Crippen LogP contribution in [0.1, 0.15) is 29.5 Å². The lowest BCUT2D eigenvalue weighted by atomic mass is 9.74. The fourth-order valence-corrected chi connectivity index (χ4v) is 5.19. The van der Waals surface area contributed by atoms with Crippen LogP contribution in [0.25, 0.3) is 0 Å². The first-order valence-electron chi connectivity index (χ1n) is 11.3. The molecule has 2 heterocycles. The molecule has 2 aliphatic heterocycles. The Bertz CT molecular complexity index is 1150. The third kappa shape index (κ3) is 4.48. The zero-order chi connectivity index (χ0) is 23.0. The smallest absolute Gasteiger partial charge is 0.308 e. The first-order valence-corrected chi connectivity index (χ1v) is 11.7. The van der Waals surface area contributed by atoms with Gasteiger partial charge in [0.25, 0.3) is 0 Å². The van der Waals surface area contributed by atoms with Crippen LogP contribution in [-0.2, 0) is 12.0 Å². The van der Waals surface area contributed by atoms with Gasteiger partial charge in [0.2, 0.25) is 0 Å². The molecule has 1 saturated heterocycles. The van der Waals surface area contributed by atoms with Crippen molar-refractivity contribution in [3.63, 3.8) is 0 Å². The second-order valence-corrected chi connectivity index (χ2v) is 9.66. The third-order valence-electron chi connectivity index (χ3n) is 6.96. The molecular formula is C27H27ClFN3O. The van der Waals surface area contributed by atoms with Crippen molar-refractivity contribution < 1.29 is 9.18 Å². The molecule has 0 saturated carbocycles. The Morgan fingerprint density at radius 1 is 1.03 bits per heavy atom. The van der Waals surface area contributed by atoms with Gasteiger partial charge in [-0.15, -0.1) is 0 Å². The maximum atomic E-state index is 14.3. The van der Waals surface area contributed by atoms with Crippen molar-refractivity contribution in [2.45, 2.75) is 31.7 Å². The highest BCUT2D eigenvalue weighted by Crippen LogP contribution is 2.47. The predicted molar refractivity (Wildman–Crippen MR) is 132 cm³/mol. The first kappa shape index (κ1) is 21.9. The molecule has 0 radical (unpaired) electrons. The number of likely N-dealkylation sites (tertiary alicyclic amines) is 1. The van der Waals surface area contributed by atoms with Gasteiger partial charge in [-0.2, -0.15) is 0 Å². The summed E-state index contributed by atoms with van der Waals surface area (Å²) in [7, 11) is 0. The van der Waals surface area contributed by atoms with Crippen LogP contribution in [0.15, 0.2) is 66.7 Å². The summed E-state index contributed by atoms with van der Waals surface area (Å²) in [5.74, 6) is -0.254. The van der Waals surface area contributed by atoms with Gasteiger partial charge in [0.15, 0.2) is 0 Å². The lowest BCUT2D eigenvalue weighted by Crippen LogP contribution is -2.46.